The van der Waals surface area contributed by atoms with E-state index in [0.29, 0.717) is 44.2 Å². The number of piperazine rings is 1. The average molecular weight is 441 g/mol. The maximum Gasteiger partial charge on any atom is 0.243 e. The topological polar surface area (TPSA) is 79.3 Å². The van der Waals surface area contributed by atoms with Crippen LogP contribution >= 0.6 is 0 Å². The van der Waals surface area contributed by atoms with E-state index in [4.69, 9.17) is 9.47 Å². The lowest BCUT2D eigenvalue weighted by molar-refractivity contribution is -0.0270. The van der Waals surface area contributed by atoms with Crippen molar-refractivity contribution in [1.29, 1.82) is 0 Å². The fourth-order valence-corrected chi connectivity index (χ4v) is 5.31. The largest absolute Gasteiger partial charge is 0.389 e. The molecule has 2 heterocycles. The van der Waals surface area contributed by atoms with Gasteiger partial charge in [-0.25, -0.2) is 8.42 Å². The van der Waals surface area contributed by atoms with E-state index in [9.17, 15) is 13.5 Å². The zero-order valence-corrected chi connectivity index (χ0v) is 19.2. The summed E-state index contributed by atoms with van der Waals surface area (Å²) in [7, 11) is -3.49. The van der Waals surface area contributed by atoms with E-state index in [2.05, 4.69) is 25.7 Å². The molecule has 0 radical (unpaired) electrons. The van der Waals surface area contributed by atoms with Gasteiger partial charge in [0.25, 0.3) is 0 Å². The summed E-state index contributed by atoms with van der Waals surface area (Å²) in [6, 6.07) is 7.21. The number of nitrogens with zero attached hydrogens (tertiary/aromatic N) is 2. The first-order chi connectivity index (χ1) is 14.2. The minimum atomic E-state index is -3.49. The molecule has 1 aromatic rings. The van der Waals surface area contributed by atoms with Gasteiger partial charge in [-0.15, -0.1) is 0 Å². The first-order valence-corrected chi connectivity index (χ1v) is 12.3. The van der Waals surface area contributed by atoms with E-state index < -0.39 is 16.1 Å². The first kappa shape index (κ1) is 23.6. The highest BCUT2D eigenvalue weighted by molar-refractivity contribution is 7.89. The van der Waals surface area contributed by atoms with Crippen molar-refractivity contribution in [2.45, 2.75) is 56.1 Å². The molecular weight excluding hydrogens is 404 g/mol. The standard InChI is InChI=1S/C22H36N2O5S/c1-22(2,3)18-6-8-21(9-7-18)30(26,27)24-12-10-23(11-13-24)15-19(25)16-28-17-20-5-4-14-29-20/h6-9,19-20,25H,4-5,10-17H2,1-3H3/t19-,20-/m0/s1. The number of rotatable bonds is 8. The minimum absolute atomic E-state index is 0.0113. The lowest BCUT2D eigenvalue weighted by atomic mass is 9.87. The Balaban J connectivity index is 1.44. The molecule has 2 aliphatic rings. The van der Waals surface area contributed by atoms with Gasteiger partial charge in [0.05, 0.1) is 30.3 Å². The summed E-state index contributed by atoms with van der Waals surface area (Å²) in [4.78, 5) is 2.43. The summed E-state index contributed by atoms with van der Waals surface area (Å²) < 4.78 is 38.6. The van der Waals surface area contributed by atoms with Crippen LogP contribution in [0, 0.1) is 0 Å². The number of aliphatic hydroxyl groups is 1. The smallest absolute Gasteiger partial charge is 0.243 e. The molecule has 0 saturated carbocycles. The van der Waals surface area contributed by atoms with Crippen molar-refractivity contribution < 1.29 is 23.0 Å². The van der Waals surface area contributed by atoms with Gasteiger partial charge >= 0.3 is 0 Å². The number of hydrogen-bond donors (Lipinski definition) is 1. The third kappa shape index (κ3) is 6.24. The molecule has 0 amide bonds. The third-order valence-corrected chi connectivity index (χ3v) is 7.71. The summed E-state index contributed by atoms with van der Waals surface area (Å²) >= 11 is 0. The molecule has 7 nitrogen and oxygen atoms in total. The Morgan fingerprint density at radius 2 is 1.83 bits per heavy atom. The van der Waals surface area contributed by atoms with Crippen LogP contribution in [-0.2, 0) is 24.9 Å². The second kappa shape index (κ2) is 10.1. The third-order valence-electron chi connectivity index (χ3n) is 5.80. The predicted octanol–water partition coefficient (Wildman–Crippen LogP) is 1.85. The van der Waals surface area contributed by atoms with Crippen molar-refractivity contribution in [3.63, 3.8) is 0 Å². The molecule has 1 N–H and O–H groups in total. The van der Waals surface area contributed by atoms with E-state index in [1.54, 1.807) is 12.1 Å². The summed E-state index contributed by atoms with van der Waals surface area (Å²) in [6.45, 7) is 10.5. The number of sulfonamides is 1. The number of ether oxygens (including phenoxy) is 2. The second-order valence-corrected chi connectivity index (χ2v) is 11.2. The average Bonchev–Trinajstić information content (AvgIpc) is 3.21. The lowest BCUT2D eigenvalue weighted by Crippen LogP contribution is -2.50. The first-order valence-electron chi connectivity index (χ1n) is 10.9. The predicted molar refractivity (Wildman–Crippen MR) is 116 cm³/mol. The van der Waals surface area contributed by atoms with Gasteiger partial charge in [-0.1, -0.05) is 32.9 Å². The Morgan fingerprint density at radius 1 is 1.17 bits per heavy atom. The van der Waals surface area contributed by atoms with Gasteiger partial charge in [0, 0.05) is 39.3 Å². The summed E-state index contributed by atoms with van der Waals surface area (Å²) in [5.74, 6) is 0. The van der Waals surface area contributed by atoms with Gasteiger partial charge in [-0.3, -0.25) is 4.90 Å². The fraction of sp³-hybridized carbons (Fsp3) is 0.727. The van der Waals surface area contributed by atoms with E-state index >= 15 is 0 Å². The van der Waals surface area contributed by atoms with E-state index in [1.807, 2.05) is 12.1 Å². The SMILES string of the molecule is CC(C)(C)c1ccc(S(=O)(=O)N2CCN(C[C@H](O)COC[C@@H]3CCCO3)CC2)cc1. The number of β-amino-alcohol motifs (C(OH)–C–C–N with tert-alkyl or cyclic N) is 1. The van der Waals surface area contributed by atoms with E-state index in [1.165, 1.54) is 4.31 Å². The molecule has 0 aromatic heterocycles. The number of hydrogen-bond acceptors (Lipinski definition) is 6. The van der Waals surface area contributed by atoms with Crippen molar-refractivity contribution in [2.75, 3.05) is 52.5 Å². The molecule has 2 fully saturated rings. The van der Waals surface area contributed by atoms with Gasteiger partial charge < -0.3 is 14.6 Å². The van der Waals surface area contributed by atoms with E-state index in [-0.39, 0.29) is 18.1 Å². The molecule has 0 unspecified atom stereocenters. The molecule has 0 aliphatic carbocycles. The van der Waals surface area contributed by atoms with Crippen molar-refractivity contribution in [2.24, 2.45) is 0 Å². The maximum absolute atomic E-state index is 13.0. The number of aliphatic hydroxyl groups excluding tert-OH is 1. The van der Waals surface area contributed by atoms with Crippen LogP contribution in [0.15, 0.2) is 29.2 Å². The van der Waals surface area contributed by atoms with Gasteiger partial charge in [-0.05, 0) is 36.0 Å². The van der Waals surface area contributed by atoms with Gasteiger partial charge in [0.1, 0.15) is 0 Å². The Labute approximate surface area is 181 Å². The molecule has 2 saturated heterocycles. The second-order valence-electron chi connectivity index (χ2n) is 9.31. The molecule has 170 valence electrons. The summed E-state index contributed by atoms with van der Waals surface area (Å²) in [6.07, 6.45) is 1.67. The van der Waals surface area contributed by atoms with Crippen molar-refractivity contribution in [3.8, 4) is 0 Å². The summed E-state index contributed by atoms with van der Waals surface area (Å²) in [5.41, 5.74) is 1.10. The highest BCUT2D eigenvalue weighted by atomic mass is 32.2. The van der Waals surface area contributed by atoms with Gasteiger partial charge in [0.15, 0.2) is 0 Å². The normalized spacial score (nSPS) is 23.0. The van der Waals surface area contributed by atoms with Crippen LogP contribution in [0.5, 0.6) is 0 Å². The Morgan fingerprint density at radius 3 is 2.40 bits per heavy atom. The molecule has 1 aromatic carbocycles. The molecular formula is C22H36N2O5S. The van der Waals surface area contributed by atoms with Gasteiger partial charge in [-0.2, -0.15) is 4.31 Å². The molecule has 2 aliphatic heterocycles. The fourth-order valence-electron chi connectivity index (χ4n) is 3.89. The van der Waals surface area contributed by atoms with Crippen molar-refractivity contribution in [3.05, 3.63) is 29.8 Å². The zero-order chi connectivity index (χ0) is 21.8. The highest BCUT2D eigenvalue weighted by Gasteiger charge is 2.29. The lowest BCUT2D eigenvalue weighted by Gasteiger charge is -2.35. The van der Waals surface area contributed by atoms with Crippen LogP contribution in [0.1, 0.15) is 39.2 Å². The van der Waals surface area contributed by atoms with Crippen LogP contribution < -0.4 is 0 Å². The Kier molecular flexibility index (Phi) is 7.92. The van der Waals surface area contributed by atoms with E-state index in [0.717, 1.165) is 25.0 Å². The molecule has 0 spiro atoms. The van der Waals surface area contributed by atoms with Crippen LogP contribution in [-0.4, -0.2) is 87.5 Å². The van der Waals surface area contributed by atoms with Crippen molar-refractivity contribution >= 4 is 10.0 Å². The van der Waals surface area contributed by atoms with Crippen LogP contribution in [0.2, 0.25) is 0 Å². The van der Waals surface area contributed by atoms with Crippen molar-refractivity contribution in [1.82, 2.24) is 9.21 Å². The molecule has 3 rings (SSSR count). The highest BCUT2D eigenvalue weighted by Crippen LogP contribution is 2.25. The molecule has 0 bridgehead atoms. The minimum Gasteiger partial charge on any atom is -0.389 e. The maximum atomic E-state index is 13.0. The summed E-state index contributed by atoms with van der Waals surface area (Å²) in [5, 5.41) is 10.2. The Bertz CT molecular complexity index is 762. The van der Waals surface area contributed by atoms with Crippen LogP contribution in [0.25, 0.3) is 0 Å². The quantitative estimate of drug-likeness (QED) is 0.665. The number of benzene rings is 1. The van der Waals surface area contributed by atoms with Crippen LogP contribution in [0.4, 0.5) is 0 Å². The monoisotopic (exact) mass is 440 g/mol. The molecule has 2 atom stereocenters. The Hall–Kier alpha value is -1.03. The zero-order valence-electron chi connectivity index (χ0n) is 18.4. The molecule has 30 heavy (non-hydrogen) atoms. The van der Waals surface area contributed by atoms with Gasteiger partial charge in [0.2, 0.25) is 10.0 Å². The van der Waals surface area contributed by atoms with Crippen LogP contribution in [0.3, 0.4) is 0 Å². The molecule has 8 heteroatoms.